The number of halogens is 2. The second-order valence-electron chi connectivity index (χ2n) is 8.86. The van der Waals surface area contributed by atoms with Gasteiger partial charge in [-0.3, -0.25) is 8.98 Å². The summed E-state index contributed by atoms with van der Waals surface area (Å²) < 4.78 is 36.4. The third-order valence-corrected chi connectivity index (χ3v) is 8.28. The van der Waals surface area contributed by atoms with Crippen molar-refractivity contribution in [3.05, 3.63) is 74.1 Å². The average Bonchev–Trinajstić information content (AvgIpc) is 3.48. The highest BCUT2D eigenvalue weighted by atomic mass is 35.5. The van der Waals surface area contributed by atoms with Gasteiger partial charge in [0.1, 0.15) is 24.1 Å². The van der Waals surface area contributed by atoms with Crippen LogP contribution in [-0.4, -0.2) is 39.2 Å². The van der Waals surface area contributed by atoms with Gasteiger partial charge in [-0.25, -0.2) is 23.7 Å². The summed E-state index contributed by atoms with van der Waals surface area (Å²) in [4.78, 5) is 22.3. The number of anilines is 1. The fourth-order valence-electron chi connectivity index (χ4n) is 4.80. The number of rotatable bonds is 8. The van der Waals surface area contributed by atoms with E-state index in [-0.39, 0.29) is 23.6 Å². The van der Waals surface area contributed by atoms with Crippen LogP contribution in [0.15, 0.2) is 36.8 Å². The zero-order chi connectivity index (χ0) is 25.2. The molecule has 36 heavy (non-hydrogen) atoms. The Morgan fingerprint density at radius 2 is 2.19 bits per heavy atom. The van der Waals surface area contributed by atoms with Crippen LogP contribution in [0.25, 0.3) is 0 Å². The molecule has 1 aliphatic carbocycles. The molecule has 1 saturated carbocycles. The molecule has 4 atom stereocenters. The topological polar surface area (TPSA) is 116 Å². The van der Waals surface area contributed by atoms with Crippen molar-refractivity contribution in [1.82, 2.24) is 9.97 Å². The van der Waals surface area contributed by atoms with Crippen molar-refractivity contribution in [2.45, 2.75) is 37.8 Å². The summed E-state index contributed by atoms with van der Waals surface area (Å²) in [6, 6.07) is 6.46. The van der Waals surface area contributed by atoms with Crippen molar-refractivity contribution < 1.29 is 22.3 Å². The second-order valence-corrected chi connectivity index (χ2v) is 11.3. The van der Waals surface area contributed by atoms with Crippen LogP contribution in [0.1, 0.15) is 57.3 Å². The Bertz CT molecular complexity index is 1310. The molecule has 1 aliphatic heterocycles. The van der Waals surface area contributed by atoms with Gasteiger partial charge < -0.3 is 10.1 Å². The highest BCUT2D eigenvalue weighted by Crippen LogP contribution is 2.41. The van der Waals surface area contributed by atoms with E-state index in [1.54, 1.807) is 12.1 Å². The van der Waals surface area contributed by atoms with Gasteiger partial charge in [0.05, 0.1) is 28.0 Å². The lowest BCUT2D eigenvalue weighted by molar-refractivity contribution is 0.0698. The second kappa shape index (κ2) is 11.0. The van der Waals surface area contributed by atoms with Gasteiger partial charge in [-0.15, -0.1) is 11.3 Å². The lowest BCUT2D eigenvalue weighted by Crippen LogP contribution is -2.20. The van der Waals surface area contributed by atoms with E-state index >= 15 is 0 Å². The molecule has 3 aromatic rings. The fourth-order valence-corrected chi connectivity index (χ4v) is 6.40. The molecule has 2 aliphatic rings. The minimum atomic E-state index is -1.78. The van der Waals surface area contributed by atoms with Crippen LogP contribution in [-0.2, 0) is 26.6 Å². The van der Waals surface area contributed by atoms with E-state index in [0.717, 1.165) is 41.7 Å². The highest BCUT2D eigenvalue weighted by Gasteiger charge is 2.30. The monoisotopic (exact) mass is 550 g/mol. The Morgan fingerprint density at radius 1 is 1.33 bits per heavy atom. The van der Waals surface area contributed by atoms with Gasteiger partial charge in [-0.1, -0.05) is 17.7 Å². The average molecular weight is 551 g/mol. The number of ketones is 1. The van der Waals surface area contributed by atoms with E-state index in [2.05, 4.69) is 15.3 Å². The maximum absolute atomic E-state index is 14.0. The molecular formula is C24H24ClFN4O4S2. The van der Waals surface area contributed by atoms with Crippen molar-refractivity contribution in [2.24, 2.45) is 11.1 Å². The minimum absolute atomic E-state index is 0.0794. The maximum Gasteiger partial charge on any atom is 0.231 e. The van der Waals surface area contributed by atoms with Crippen molar-refractivity contribution >= 4 is 45.8 Å². The first kappa shape index (κ1) is 25.4. The summed E-state index contributed by atoms with van der Waals surface area (Å²) in [5.74, 6) is 0.0539. The fraction of sp³-hybridized carbons (Fsp3) is 0.375. The number of nitrogens with zero attached hydrogens (tertiary/aromatic N) is 2. The summed E-state index contributed by atoms with van der Waals surface area (Å²) in [5, 5.41) is 8.53. The molecule has 12 heteroatoms. The lowest BCUT2D eigenvalue weighted by atomic mass is 9.94. The van der Waals surface area contributed by atoms with Gasteiger partial charge >= 0.3 is 0 Å². The molecule has 0 spiro atoms. The number of benzene rings is 1. The SMILES string of the molecule is NS(=O)OCC1CCC(Nc2ncncc2C(=O)c2cc(C3OCCc4ccc(F)cc43)c(Cl)s2)C1. The van der Waals surface area contributed by atoms with Crippen LogP contribution in [0.2, 0.25) is 4.34 Å². The summed E-state index contributed by atoms with van der Waals surface area (Å²) >= 11 is 5.94. The molecule has 5 rings (SSSR count). The van der Waals surface area contributed by atoms with Gasteiger partial charge in [0, 0.05) is 17.8 Å². The van der Waals surface area contributed by atoms with E-state index in [4.69, 9.17) is 25.7 Å². The molecule has 1 aromatic carbocycles. The first-order chi connectivity index (χ1) is 17.4. The quantitative estimate of drug-likeness (QED) is 0.400. The van der Waals surface area contributed by atoms with E-state index in [1.807, 2.05) is 0 Å². The number of nitrogens with two attached hydrogens (primary N) is 1. The number of carbonyl (C=O) groups excluding carboxylic acids is 1. The van der Waals surface area contributed by atoms with Crippen molar-refractivity contribution in [3.63, 3.8) is 0 Å². The summed E-state index contributed by atoms with van der Waals surface area (Å²) in [5.41, 5.74) is 2.70. The number of hydrogen-bond acceptors (Lipinski definition) is 8. The molecule has 2 aromatic heterocycles. The highest BCUT2D eigenvalue weighted by molar-refractivity contribution is 7.77. The van der Waals surface area contributed by atoms with E-state index in [9.17, 15) is 13.4 Å². The van der Waals surface area contributed by atoms with Crippen LogP contribution in [0, 0.1) is 11.7 Å². The molecule has 4 unspecified atom stereocenters. The van der Waals surface area contributed by atoms with Crippen LogP contribution in [0.3, 0.4) is 0 Å². The largest absolute Gasteiger partial charge is 0.368 e. The van der Waals surface area contributed by atoms with Gasteiger partial charge in [0.2, 0.25) is 17.0 Å². The molecule has 0 bridgehead atoms. The molecule has 190 valence electrons. The molecule has 0 amide bonds. The lowest BCUT2D eigenvalue weighted by Gasteiger charge is -2.26. The van der Waals surface area contributed by atoms with Gasteiger partial charge in [-0.05, 0) is 60.9 Å². The number of hydrogen-bond donors (Lipinski definition) is 2. The van der Waals surface area contributed by atoms with Crippen LogP contribution >= 0.6 is 22.9 Å². The number of nitrogens with one attached hydrogen (secondary N) is 1. The number of thiophene rings is 1. The number of ether oxygens (including phenoxy) is 1. The maximum atomic E-state index is 14.0. The first-order valence-corrected chi connectivity index (χ1v) is 13.8. The Kier molecular flexibility index (Phi) is 7.75. The van der Waals surface area contributed by atoms with Crippen molar-refractivity contribution in [1.29, 1.82) is 0 Å². The van der Waals surface area contributed by atoms with Crippen LogP contribution < -0.4 is 10.5 Å². The minimum Gasteiger partial charge on any atom is -0.368 e. The molecule has 0 saturated heterocycles. The van der Waals surface area contributed by atoms with Crippen LogP contribution in [0.4, 0.5) is 10.2 Å². The van der Waals surface area contributed by atoms with Gasteiger partial charge in [0.15, 0.2) is 0 Å². The smallest absolute Gasteiger partial charge is 0.231 e. The zero-order valence-corrected chi connectivity index (χ0v) is 21.5. The third kappa shape index (κ3) is 5.51. The zero-order valence-electron chi connectivity index (χ0n) is 19.1. The molecular weight excluding hydrogens is 527 g/mol. The molecule has 3 heterocycles. The number of carbonyl (C=O) groups is 1. The summed E-state index contributed by atoms with van der Waals surface area (Å²) in [6.45, 7) is 0.803. The summed E-state index contributed by atoms with van der Waals surface area (Å²) in [6.07, 6.45) is 5.54. The third-order valence-electron chi connectivity index (χ3n) is 6.52. The Hall–Kier alpha value is -2.28. The van der Waals surface area contributed by atoms with Crippen molar-refractivity contribution in [3.8, 4) is 0 Å². The molecule has 3 N–H and O–H groups in total. The predicted octanol–water partition coefficient (Wildman–Crippen LogP) is 4.36. The number of aromatic nitrogens is 2. The van der Waals surface area contributed by atoms with Crippen LogP contribution in [0.5, 0.6) is 0 Å². The Labute approximate surface area is 219 Å². The van der Waals surface area contributed by atoms with E-state index < -0.39 is 17.4 Å². The predicted molar refractivity (Wildman–Crippen MR) is 136 cm³/mol. The van der Waals surface area contributed by atoms with Gasteiger partial charge in [-0.2, -0.15) is 0 Å². The normalized spacial score (nSPS) is 22.2. The van der Waals surface area contributed by atoms with E-state index in [1.165, 1.54) is 24.7 Å². The molecule has 0 radical (unpaired) electrons. The summed E-state index contributed by atoms with van der Waals surface area (Å²) in [7, 11) is 0. The van der Waals surface area contributed by atoms with Crippen molar-refractivity contribution in [2.75, 3.05) is 18.5 Å². The first-order valence-electron chi connectivity index (χ1n) is 11.5. The number of fused-ring (bicyclic) bond motifs is 1. The molecule has 1 fully saturated rings. The Morgan fingerprint density at radius 3 is 3.03 bits per heavy atom. The standard InChI is InChI=1S/C24H24ClFN4O4S2/c25-23-18(22-17-8-15(26)3-2-14(17)5-6-33-22)9-20(35-23)21(31)19-10-28-12-29-24(19)30-16-4-1-13(7-16)11-34-36(27)32/h2-3,8-10,12-13,16,22H,1,4-7,11,27H2,(H,28,29,30). The Balaban J connectivity index is 1.35. The molecule has 8 nitrogen and oxygen atoms in total. The van der Waals surface area contributed by atoms with E-state index in [0.29, 0.717) is 45.8 Å². The van der Waals surface area contributed by atoms with Gasteiger partial charge in [0.25, 0.3) is 0 Å².